The van der Waals surface area contributed by atoms with Crippen LogP contribution >= 0.6 is 22.9 Å². The van der Waals surface area contributed by atoms with Crippen LogP contribution in [0.25, 0.3) is 11.3 Å². The number of amides is 1. The molecular formula is C15H11ClN2O2S. The van der Waals surface area contributed by atoms with E-state index in [1.165, 1.54) is 11.3 Å². The Morgan fingerprint density at radius 2 is 2.05 bits per heavy atom. The second-order valence-corrected chi connectivity index (χ2v) is 5.85. The summed E-state index contributed by atoms with van der Waals surface area (Å²) < 4.78 is 5.53. The van der Waals surface area contributed by atoms with Crippen molar-refractivity contribution in [3.8, 4) is 11.3 Å². The van der Waals surface area contributed by atoms with Gasteiger partial charge >= 0.3 is 0 Å². The molecule has 1 aromatic carbocycles. The van der Waals surface area contributed by atoms with Crippen molar-refractivity contribution in [2.75, 3.05) is 0 Å². The third kappa shape index (κ3) is 3.15. The molecule has 106 valence electrons. The molecule has 0 unspecified atom stereocenters. The number of carbonyl (C=O) groups is 1. The van der Waals surface area contributed by atoms with Crippen molar-refractivity contribution in [2.45, 2.75) is 6.54 Å². The molecule has 1 amide bonds. The molecule has 0 atom stereocenters. The number of carbonyl (C=O) groups excluding carboxylic acids is 1. The number of rotatable bonds is 4. The summed E-state index contributed by atoms with van der Waals surface area (Å²) in [6.45, 7) is 0.329. The minimum Gasteiger partial charge on any atom is -0.467 e. The molecule has 3 aromatic rings. The molecule has 0 bridgehead atoms. The van der Waals surface area contributed by atoms with Gasteiger partial charge in [-0.15, -0.1) is 0 Å². The summed E-state index contributed by atoms with van der Waals surface area (Å²) in [6.07, 6.45) is 1.57. The SMILES string of the molecule is O=C(NCc1ccco1)c1sc(Cl)nc1-c1ccccc1. The molecule has 0 radical (unpaired) electrons. The summed E-state index contributed by atoms with van der Waals surface area (Å²) in [5, 5.41) is 2.80. The van der Waals surface area contributed by atoms with Gasteiger partial charge in [0.25, 0.3) is 5.91 Å². The third-order valence-electron chi connectivity index (χ3n) is 2.86. The highest BCUT2D eigenvalue weighted by Crippen LogP contribution is 2.30. The zero-order valence-corrected chi connectivity index (χ0v) is 12.4. The number of nitrogens with one attached hydrogen (secondary N) is 1. The standard InChI is InChI=1S/C15H11ClN2O2S/c16-15-18-12(10-5-2-1-3-6-10)13(21-15)14(19)17-9-11-7-4-8-20-11/h1-8H,9H2,(H,17,19). The molecule has 0 saturated heterocycles. The Kier molecular flexibility index (Phi) is 4.03. The van der Waals surface area contributed by atoms with Crippen molar-refractivity contribution in [3.05, 3.63) is 63.8 Å². The topological polar surface area (TPSA) is 55.1 Å². The third-order valence-corrected chi connectivity index (χ3v) is 4.02. The van der Waals surface area contributed by atoms with Gasteiger partial charge in [-0.2, -0.15) is 0 Å². The summed E-state index contributed by atoms with van der Waals surface area (Å²) in [4.78, 5) is 17.1. The summed E-state index contributed by atoms with van der Waals surface area (Å²) in [5.41, 5.74) is 1.46. The second-order valence-electron chi connectivity index (χ2n) is 4.27. The predicted molar refractivity (Wildman–Crippen MR) is 82.4 cm³/mol. The van der Waals surface area contributed by atoms with E-state index in [2.05, 4.69) is 10.3 Å². The molecule has 4 nitrogen and oxygen atoms in total. The molecule has 0 saturated carbocycles. The molecule has 0 aliphatic heterocycles. The molecule has 0 aliphatic carbocycles. The van der Waals surface area contributed by atoms with Crippen molar-refractivity contribution in [3.63, 3.8) is 0 Å². The first-order valence-electron chi connectivity index (χ1n) is 6.26. The van der Waals surface area contributed by atoms with Crippen LogP contribution in [0.15, 0.2) is 53.1 Å². The Morgan fingerprint density at radius 3 is 2.76 bits per heavy atom. The number of hydrogen-bond acceptors (Lipinski definition) is 4. The zero-order chi connectivity index (χ0) is 14.7. The number of benzene rings is 1. The first-order valence-corrected chi connectivity index (χ1v) is 7.46. The number of furan rings is 1. The Labute approximate surface area is 130 Å². The summed E-state index contributed by atoms with van der Waals surface area (Å²) in [6, 6.07) is 13.1. The van der Waals surface area contributed by atoms with Crippen LogP contribution in [0.5, 0.6) is 0 Å². The summed E-state index contributed by atoms with van der Waals surface area (Å²) in [5.74, 6) is 0.481. The molecule has 2 aromatic heterocycles. The number of thiazole rings is 1. The van der Waals surface area contributed by atoms with Gasteiger partial charge in [-0.3, -0.25) is 4.79 Å². The van der Waals surface area contributed by atoms with E-state index in [0.717, 1.165) is 5.56 Å². The highest BCUT2D eigenvalue weighted by molar-refractivity contribution is 7.18. The van der Waals surface area contributed by atoms with Crippen molar-refractivity contribution in [1.82, 2.24) is 10.3 Å². The number of hydrogen-bond donors (Lipinski definition) is 1. The minimum absolute atomic E-state index is 0.213. The fraction of sp³-hybridized carbons (Fsp3) is 0.0667. The van der Waals surface area contributed by atoms with Crippen molar-refractivity contribution in [1.29, 1.82) is 0 Å². The average molecular weight is 319 g/mol. The second kappa shape index (κ2) is 6.11. The lowest BCUT2D eigenvalue weighted by Crippen LogP contribution is -2.22. The number of aromatic nitrogens is 1. The molecule has 0 aliphatic rings. The fourth-order valence-electron chi connectivity index (χ4n) is 1.90. The van der Waals surface area contributed by atoms with Crippen LogP contribution in [0.3, 0.4) is 0 Å². The monoisotopic (exact) mass is 318 g/mol. The van der Waals surface area contributed by atoms with Crippen molar-refractivity contribution < 1.29 is 9.21 Å². The highest BCUT2D eigenvalue weighted by Gasteiger charge is 2.18. The van der Waals surface area contributed by atoms with Gasteiger partial charge in [-0.05, 0) is 12.1 Å². The van der Waals surface area contributed by atoms with Gasteiger partial charge in [-0.1, -0.05) is 53.3 Å². The van der Waals surface area contributed by atoms with Gasteiger partial charge in [0.15, 0.2) is 4.47 Å². The van der Waals surface area contributed by atoms with Crippen LogP contribution in [0, 0.1) is 0 Å². The van der Waals surface area contributed by atoms with Gasteiger partial charge in [-0.25, -0.2) is 4.98 Å². The number of halogens is 1. The molecule has 0 spiro atoms. The Morgan fingerprint density at radius 1 is 1.24 bits per heavy atom. The van der Waals surface area contributed by atoms with E-state index >= 15 is 0 Å². The van der Waals surface area contributed by atoms with Crippen LogP contribution < -0.4 is 5.32 Å². The molecule has 2 heterocycles. The van der Waals surface area contributed by atoms with E-state index in [9.17, 15) is 4.79 Å². The summed E-state index contributed by atoms with van der Waals surface area (Å²) in [7, 11) is 0. The lowest BCUT2D eigenvalue weighted by molar-refractivity contribution is 0.0952. The molecular weight excluding hydrogens is 308 g/mol. The van der Waals surface area contributed by atoms with E-state index in [0.29, 0.717) is 27.3 Å². The maximum Gasteiger partial charge on any atom is 0.264 e. The van der Waals surface area contributed by atoms with Crippen LogP contribution in [0.1, 0.15) is 15.4 Å². The first kappa shape index (κ1) is 13.9. The van der Waals surface area contributed by atoms with E-state index < -0.39 is 0 Å². The maximum absolute atomic E-state index is 12.3. The maximum atomic E-state index is 12.3. The normalized spacial score (nSPS) is 10.5. The molecule has 0 fully saturated rings. The minimum atomic E-state index is -0.213. The van der Waals surface area contributed by atoms with Gasteiger partial charge in [0.05, 0.1) is 18.5 Å². The van der Waals surface area contributed by atoms with Crippen LogP contribution in [0.4, 0.5) is 0 Å². The lowest BCUT2D eigenvalue weighted by Gasteiger charge is -2.03. The van der Waals surface area contributed by atoms with E-state index in [1.54, 1.807) is 18.4 Å². The first-order chi connectivity index (χ1) is 10.2. The van der Waals surface area contributed by atoms with E-state index in [-0.39, 0.29) is 5.91 Å². The zero-order valence-electron chi connectivity index (χ0n) is 10.9. The van der Waals surface area contributed by atoms with Crippen molar-refractivity contribution in [2.24, 2.45) is 0 Å². The van der Waals surface area contributed by atoms with Crippen LogP contribution in [0.2, 0.25) is 4.47 Å². The van der Waals surface area contributed by atoms with E-state index in [4.69, 9.17) is 16.0 Å². The van der Waals surface area contributed by atoms with Gasteiger partial charge in [0.2, 0.25) is 0 Å². The largest absolute Gasteiger partial charge is 0.467 e. The Bertz CT molecular complexity index is 738. The van der Waals surface area contributed by atoms with Crippen molar-refractivity contribution >= 4 is 28.8 Å². The lowest BCUT2D eigenvalue weighted by atomic mass is 10.1. The Hall–Kier alpha value is -2.11. The number of nitrogens with zero attached hydrogens (tertiary/aromatic N) is 1. The molecule has 1 N–H and O–H groups in total. The smallest absolute Gasteiger partial charge is 0.264 e. The molecule has 21 heavy (non-hydrogen) atoms. The predicted octanol–water partition coefficient (Wildman–Crippen LogP) is 3.99. The van der Waals surface area contributed by atoms with Gasteiger partial charge < -0.3 is 9.73 Å². The van der Waals surface area contributed by atoms with Crippen LogP contribution in [-0.2, 0) is 6.54 Å². The van der Waals surface area contributed by atoms with Gasteiger partial charge in [0.1, 0.15) is 10.6 Å². The van der Waals surface area contributed by atoms with Crippen LogP contribution in [-0.4, -0.2) is 10.9 Å². The quantitative estimate of drug-likeness (QED) is 0.791. The van der Waals surface area contributed by atoms with E-state index in [1.807, 2.05) is 30.3 Å². The average Bonchev–Trinajstić information content (AvgIpc) is 3.15. The molecule has 6 heteroatoms. The molecule has 3 rings (SSSR count). The highest BCUT2D eigenvalue weighted by atomic mass is 35.5. The van der Waals surface area contributed by atoms with Gasteiger partial charge in [0, 0.05) is 5.56 Å². The summed E-state index contributed by atoms with van der Waals surface area (Å²) >= 11 is 7.13. The Balaban J connectivity index is 1.83. The fourth-order valence-corrected chi connectivity index (χ4v) is 2.95.